The summed E-state index contributed by atoms with van der Waals surface area (Å²) in [6.45, 7) is 4.34. The SMILES string of the molecule is Cc1ccc(S(=O)(=O)n2cc(-c3cnc(NCc4ccco4)n4cnnc34)c3cc(C)ccc32)cc1. The summed E-state index contributed by atoms with van der Waals surface area (Å²) in [4.78, 5) is 4.82. The smallest absolute Gasteiger partial charge is 0.268 e. The van der Waals surface area contributed by atoms with Crippen LogP contribution in [0.4, 0.5) is 5.95 Å². The minimum atomic E-state index is -3.83. The van der Waals surface area contributed by atoms with Crippen molar-refractivity contribution in [1.82, 2.24) is 23.6 Å². The lowest BCUT2D eigenvalue weighted by Crippen LogP contribution is -2.11. The van der Waals surface area contributed by atoms with Crippen LogP contribution >= 0.6 is 0 Å². The predicted octanol–water partition coefficient (Wildman–Crippen LogP) is 4.80. The molecule has 0 radical (unpaired) electrons. The van der Waals surface area contributed by atoms with E-state index in [2.05, 4.69) is 20.5 Å². The molecule has 0 unspecified atom stereocenters. The van der Waals surface area contributed by atoms with Crippen LogP contribution < -0.4 is 5.32 Å². The molecule has 6 rings (SSSR count). The minimum Gasteiger partial charge on any atom is -0.467 e. The highest BCUT2D eigenvalue weighted by atomic mass is 32.2. The number of hydrogen-bond acceptors (Lipinski definition) is 7. The number of anilines is 1. The fourth-order valence-corrected chi connectivity index (χ4v) is 5.64. The van der Waals surface area contributed by atoms with Crippen molar-refractivity contribution in [3.8, 4) is 11.1 Å². The third kappa shape index (κ3) is 3.62. The van der Waals surface area contributed by atoms with Crippen LogP contribution in [0.25, 0.3) is 27.7 Å². The molecule has 0 aliphatic heterocycles. The van der Waals surface area contributed by atoms with Gasteiger partial charge in [-0.15, -0.1) is 10.2 Å². The summed E-state index contributed by atoms with van der Waals surface area (Å²) in [5.41, 5.74) is 4.51. The Bertz CT molecular complexity index is 1820. The summed E-state index contributed by atoms with van der Waals surface area (Å²) in [6, 6.07) is 16.2. The molecule has 0 saturated carbocycles. The Hall–Kier alpha value is -4.44. The van der Waals surface area contributed by atoms with Crippen LogP contribution in [0.15, 0.2) is 88.9 Å². The molecular weight excluding hydrogens is 476 g/mol. The topological polar surface area (TPSA) is 107 Å². The number of fused-ring (bicyclic) bond motifs is 2. The summed E-state index contributed by atoms with van der Waals surface area (Å²) in [6.07, 6.45) is 6.52. The van der Waals surface area contributed by atoms with E-state index in [0.717, 1.165) is 22.3 Å². The zero-order valence-corrected chi connectivity index (χ0v) is 20.4. The van der Waals surface area contributed by atoms with E-state index in [1.165, 1.54) is 3.97 Å². The lowest BCUT2D eigenvalue weighted by atomic mass is 10.1. The van der Waals surface area contributed by atoms with E-state index < -0.39 is 10.0 Å². The van der Waals surface area contributed by atoms with Gasteiger partial charge in [0.05, 0.1) is 23.2 Å². The minimum absolute atomic E-state index is 0.223. The second kappa shape index (κ2) is 8.35. The average Bonchev–Trinajstić information content (AvgIpc) is 3.63. The summed E-state index contributed by atoms with van der Waals surface area (Å²) >= 11 is 0. The second-order valence-corrected chi connectivity index (χ2v) is 10.4. The van der Waals surface area contributed by atoms with Gasteiger partial charge in [0.1, 0.15) is 12.1 Å². The highest BCUT2D eigenvalue weighted by Gasteiger charge is 2.24. The first-order chi connectivity index (χ1) is 17.4. The molecule has 0 aliphatic rings. The third-order valence-corrected chi connectivity index (χ3v) is 7.82. The molecule has 0 fully saturated rings. The molecule has 1 N–H and O–H groups in total. The van der Waals surface area contributed by atoms with Gasteiger partial charge in [0, 0.05) is 28.9 Å². The molecule has 0 amide bonds. The van der Waals surface area contributed by atoms with Crippen molar-refractivity contribution in [2.75, 3.05) is 5.32 Å². The largest absolute Gasteiger partial charge is 0.467 e. The molecule has 36 heavy (non-hydrogen) atoms. The Kier molecular flexibility index (Phi) is 5.11. The van der Waals surface area contributed by atoms with Gasteiger partial charge in [-0.3, -0.25) is 4.40 Å². The van der Waals surface area contributed by atoms with Crippen molar-refractivity contribution >= 4 is 32.5 Å². The standard InChI is InChI=1S/C26H22N6O3S/c1-17-5-8-20(9-6-17)36(33,34)32-15-23(21-12-18(2)7-10-24(21)32)22-14-28-26(31-16-29-30-25(22)31)27-13-19-4-3-11-35-19/h3-12,14-16H,13H2,1-2H3,(H,27,28). The lowest BCUT2D eigenvalue weighted by molar-refractivity contribution is 0.517. The van der Waals surface area contributed by atoms with Gasteiger partial charge in [-0.25, -0.2) is 17.4 Å². The van der Waals surface area contributed by atoms with Crippen LogP contribution in [0, 0.1) is 13.8 Å². The molecule has 0 aliphatic carbocycles. The number of nitrogens with zero attached hydrogens (tertiary/aromatic N) is 5. The van der Waals surface area contributed by atoms with Crippen molar-refractivity contribution in [2.24, 2.45) is 0 Å². The molecule has 4 heterocycles. The van der Waals surface area contributed by atoms with Gasteiger partial charge in [-0.05, 0) is 50.2 Å². The van der Waals surface area contributed by atoms with Gasteiger partial charge in [0.25, 0.3) is 10.0 Å². The maximum absolute atomic E-state index is 13.6. The molecule has 10 heteroatoms. The lowest BCUT2D eigenvalue weighted by Gasteiger charge is -2.09. The normalized spacial score (nSPS) is 11.9. The van der Waals surface area contributed by atoms with Gasteiger partial charge < -0.3 is 9.73 Å². The fraction of sp³-hybridized carbons (Fsp3) is 0.115. The van der Waals surface area contributed by atoms with Crippen LogP contribution in [-0.2, 0) is 16.6 Å². The van der Waals surface area contributed by atoms with Crippen molar-refractivity contribution in [3.05, 3.63) is 96.5 Å². The first-order valence-corrected chi connectivity index (χ1v) is 12.7. The van der Waals surface area contributed by atoms with Gasteiger partial charge in [-0.2, -0.15) is 0 Å². The number of aromatic nitrogens is 5. The third-order valence-electron chi connectivity index (χ3n) is 6.13. The number of benzene rings is 2. The van der Waals surface area contributed by atoms with E-state index in [1.807, 2.05) is 44.2 Å². The molecular formula is C26H22N6O3S. The molecule has 0 atom stereocenters. The molecule has 0 spiro atoms. The zero-order chi connectivity index (χ0) is 24.9. The summed E-state index contributed by atoms with van der Waals surface area (Å²) in [7, 11) is -3.83. The fourth-order valence-electron chi connectivity index (χ4n) is 4.27. The van der Waals surface area contributed by atoms with E-state index in [1.54, 1.807) is 53.7 Å². The summed E-state index contributed by atoms with van der Waals surface area (Å²) in [5, 5.41) is 12.4. The Morgan fingerprint density at radius 3 is 2.58 bits per heavy atom. The molecule has 2 aromatic carbocycles. The predicted molar refractivity (Wildman–Crippen MR) is 136 cm³/mol. The molecule has 4 aromatic heterocycles. The Balaban J connectivity index is 1.51. The van der Waals surface area contributed by atoms with Crippen molar-refractivity contribution < 1.29 is 12.8 Å². The van der Waals surface area contributed by atoms with Crippen LogP contribution in [0.2, 0.25) is 0 Å². The molecule has 180 valence electrons. The number of furan rings is 1. The quantitative estimate of drug-likeness (QED) is 0.351. The monoisotopic (exact) mass is 498 g/mol. The van der Waals surface area contributed by atoms with E-state index in [0.29, 0.717) is 34.8 Å². The highest BCUT2D eigenvalue weighted by Crippen LogP contribution is 2.35. The highest BCUT2D eigenvalue weighted by molar-refractivity contribution is 7.90. The van der Waals surface area contributed by atoms with E-state index in [4.69, 9.17) is 4.42 Å². The van der Waals surface area contributed by atoms with Gasteiger partial charge >= 0.3 is 0 Å². The van der Waals surface area contributed by atoms with Crippen molar-refractivity contribution in [2.45, 2.75) is 25.3 Å². The van der Waals surface area contributed by atoms with Crippen LogP contribution in [0.1, 0.15) is 16.9 Å². The first kappa shape index (κ1) is 22.1. The molecule has 9 nitrogen and oxygen atoms in total. The Morgan fingerprint density at radius 2 is 1.81 bits per heavy atom. The Labute approximate surface area is 207 Å². The van der Waals surface area contributed by atoms with Crippen molar-refractivity contribution in [3.63, 3.8) is 0 Å². The van der Waals surface area contributed by atoms with Gasteiger partial charge in [0.15, 0.2) is 5.65 Å². The number of nitrogens with one attached hydrogen (secondary N) is 1. The molecule has 6 aromatic rings. The van der Waals surface area contributed by atoms with Crippen molar-refractivity contribution in [1.29, 1.82) is 0 Å². The van der Waals surface area contributed by atoms with E-state index >= 15 is 0 Å². The number of rotatable bonds is 6. The van der Waals surface area contributed by atoms with Gasteiger partial charge in [-0.1, -0.05) is 29.3 Å². The Morgan fingerprint density at radius 1 is 1.00 bits per heavy atom. The molecule has 0 saturated heterocycles. The summed E-state index contributed by atoms with van der Waals surface area (Å²) < 4.78 is 35.8. The van der Waals surface area contributed by atoms with E-state index in [9.17, 15) is 8.42 Å². The van der Waals surface area contributed by atoms with Crippen LogP contribution in [-0.4, -0.2) is 32.0 Å². The average molecular weight is 499 g/mol. The summed E-state index contributed by atoms with van der Waals surface area (Å²) in [5.74, 6) is 1.31. The van der Waals surface area contributed by atoms with Gasteiger partial charge in [0.2, 0.25) is 5.95 Å². The first-order valence-electron chi connectivity index (χ1n) is 11.3. The maximum atomic E-state index is 13.6. The second-order valence-electron chi connectivity index (χ2n) is 8.63. The number of aryl methyl sites for hydroxylation is 2. The van der Waals surface area contributed by atoms with E-state index in [-0.39, 0.29) is 4.90 Å². The molecule has 0 bridgehead atoms. The maximum Gasteiger partial charge on any atom is 0.268 e. The number of hydrogen-bond donors (Lipinski definition) is 1. The van der Waals surface area contributed by atoms with Crippen LogP contribution in [0.5, 0.6) is 0 Å². The zero-order valence-electron chi connectivity index (χ0n) is 19.6. The van der Waals surface area contributed by atoms with Crippen LogP contribution in [0.3, 0.4) is 0 Å².